The molecule has 1 fully saturated rings. The fourth-order valence-corrected chi connectivity index (χ4v) is 3.63. The number of nitrogens with zero attached hydrogens (tertiary/aromatic N) is 1. The molecule has 1 aromatic rings. The predicted molar refractivity (Wildman–Crippen MR) is 66.6 cm³/mol. The zero-order valence-electron chi connectivity index (χ0n) is 10.0. The molecule has 1 aliphatic heterocycles. The fraction of sp³-hybridized carbons (Fsp3) is 0.583. The van der Waals surface area contributed by atoms with E-state index in [4.69, 9.17) is 0 Å². The van der Waals surface area contributed by atoms with Gasteiger partial charge in [-0.1, -0.05) is 6.92 Å². The van der Waals surface area contributed by atoms with E-state index in [1.54, 1.807) is 6.07 Å². The van der Waals surface area contributed by atoms with Crippen molar-refractivity contribution in [3.63, 3.8) is 0 Å². The van der Waals surface area contributed by atoms with Gasteiger partial charge in [0.25, 0.3) is 0 Å². The molecule has 17 heavy (non-hydrogen) atoms. The minimum Gasteiger partial charge on any atom is -0.304 e. The second-order valence-electron chi connectivity index (χ2n) is 4.40. The van der Waals surface area contributed by atoms with Gasteiger partial charge < -0.3 is 5.32 Å². The van der Waals surface area contributed by atoms with E-state index in [-0.39, 0.29) is 23.2 Å². The summed E-state index contributed by atoms with van der Waals surface area (Å²) >= 11 is 0. The van der Waals surface area contributed by atoms with Gasteiger partial charge in [0.15, 0.2) is 0 Å². The zero-order chi connectivity index (χ0) is 12.4. The maximum Gasteiger partial charge on any atom is 0.141 e. The largest absolute Gasteiger partial charge is 0.304 e. The first-order chi connectivity index (χ1) is 8.11. The van der Waals surface area contributed by atoms with Crippen molar-refractivity contribution < 1.29 is 8.60 Å². The molecule has 1 saturated heterocycles. The highest BCUT2D eigenvalue weighted by Crippen LogP contribution is 2.25. The second kappa shape index (κ2) is 5.23. The SMILES string of the molecule is CCC1CS(=O)C(C)C(c2ccc(F)cn2)N1. The average Bonchev–Trinajstić information content (AvgIpc) is 2.34. The lowest BCUT2D eigenvalue weighted by Crippen LogP contribution is -2.49. The molecule has 0 aromatic carbocycles. The molecule has 94 valence electrons. The number of pyridine rings is 1. The van der Waals surface area contributed by atoms with Crippen LogP contribution in [0.5, 0.6) is 0 Å². The molecule has 0 spiro atoms. The monoisotopic (exact) mass is 256 g/mol. The molecule has 4 atom stereocenters. The first-order valence-electron chi connectivity index (χ1n) is 5.86. The fourth-order valence-electron chi connectivity index (χ4n) is 2.07. The molecule has 0 bridgehead atoms. The van der Waals surface area contributed by atoms with Gasteiger partial charge in [-0.2, -0.15) is 0 Å². The van der Waals surface area contributed by atoms with Crippen LogP contribution in [0.25, 0.3) is 0 Å². The van der Waals surface area contributed by atoms with Crippen LogP contribution in [0.1, 0.15) is 32.0 Å². The van der Waals surface area contributed by atoms with Gasteiger partial charge >= 0.3 is 0 Å². The number of nitrogens with one attached hydrogen (secondary N) is 1. The Hall–Kier alpha value is -0.810. The summed E-state index contributed by atoms with van der Waals surface area (Å²) in [4.78, 5) is 4.08. The Balaban J connectivity index is 2.23. The van der Waals surface area contributed by atoms with Gasteiger partial charge in [0.05, 0.1) is 23.2 Å². The van der Waals surface area contributed by atoms with Gasteiger partial charge in [-0.15, -0.1) is 0 Å². The summed E-state index contributed by atoms with van der Waals surface area (Å²) in [5.41, 5.74) is 0.769. The number of rotatable bonds is 2. The lowest BCUT2D eigenvalue weighted by atomic mass is 10.1. The molecule has 5 heteroatoms. The third kappa shape index (κ3) is 2.72. The van der Waals surface area contributed by atoms with Gasteiger partial charge in [-0.3, -0.25) is 9.19 Å². The summed E-state index contributed by atoms with van der Waals surface area (Å²) in [6, 6.07) is 3.27. The van der Waals surface area contributed by atoms with Crippen LogP contribution in [0.4, 0.5) is 4.39 Å². The highest BCUT2D eigenvalue weighted by Gasteiger charge is 2.33. The van der Waals surface area contributed by atoms with Crippen molar-refractivity contribution in [3.05, 3.63) is 29.8 Å². The van der Waals surface area contributed by atoms with Crippen LogP contribution < -0.4 is 5.32 Å². The molecular weight excluding hydrogens is 239 g/mol. The molecule has 2 rings (SSSR count). The quantitative estimate of drug-likeness (QED) is 0.877. The number of halogens is 1. The summed E-state index contributed by atoms with van der Waals surface area (Å²) < 4.78 is 24.8. The minimum absolute atomic E-state index is 0.00996. The van der Waals surface area contributed by atoms with Crippen LogP contribution in [0.15, 0.2) is 18.3 Å². The van der Waals surface area contributed by atoms with Gasteiger partial charge in [0, 0.05) is 22.6 Å². The molecule has 1 aromatic heterocycles. The van der Waals surface area contributed by atoms with Crippen LogP contribution in [0.3, 0.4) is 0 Å². The van der Waals surface area contributed by atoms with E-state index in [2.05, 4.69) is 17.2 Å². The normalized spacial score (nSPS) is 33.6. The van der Waals surface area contributed by atoms with E-state index in [0.717, 1.165) is 12.1 Å². The van der Waals surface area contributed by atoms with E-state index >= 15 is 0 Å². The van der Waals surface area contributed by atoms with Crippen molar-refractivity contribution in [3.8, 4) is 0 Å². The first-order valence-corrected chi connectivity index (χ1v) is 7.24. The van der Waals surface area contributed by atoms with Gasteiger partial charge in [0.2, 0.25) is 0 Å². The number of hydrogen-bond donors (Lipinski definition) is 1. The molecular formula is C12H17FN2OS. The summed E-state index contributed by atoms with van der Waals surface area (Å²) in [6.45, 7) is 4.02. The van der Waals surface area contributed by atoms with Crippen LogP contribution in [-0.2, 0) is 10.8 Å². The van der Waals surface area contributed by atoms with Crippen LogP contribution in [0, 0.1) is 5.82 Å². The smallest absolute Gasteiger partial charge is 0.141 e. The van der Waals surface area contributed by atoms with Gasteiger partial charge in [-0.25, -0.2) is 4.39 Å². The van der Waals surface area contributed by atoms with Crippen molar-refractivity contribution in [1.29, 1.82) is 0 Å². The molecule has 4 unspecified atom stereocenters. The number of aromatic nitrogens is 1. The molecule has 1 aliphatic rings. The highest BCUT2D eigenvalue weighted by molar-refractivity contribution is 7.85. The Morgan fingerprint density at radius 2 is 2.35 bits per heavy atom. The second-order valence-corrected chi connectivity index (χ2v) is 6.24. The molecule has 0 saturated carbocycles. The van der Waals surface area contributed by atoms with Crippen molar-refractivity contribution >= 4 is 10.8 Å². The topological polar surface area (TPSA) is 42.0 Å². The van der Waals surface area contributed by atoms with Crippen LogP contribution in [-0.4, -0.2) is 26.2 Å². The third-order valence-electron chi connectivity index (χ3n) is 3.23. The lowest BCUT2D eigenvalue weighted by molar-refractivity contribution is 0.413. The predicted octanol–water partition coefficient (Wildman–Crippen LogP) is 1.78. The van der Waals surface area contributed by atoms with E-state index < -0.39 is 10.8 Å². The molecule has 0 radical (unpaired) electrons. The molecule has 1 N–H and O–H groups in total. The van der Waals surface area contributed by atoms with Crippen molar-refractivity contribution in [2.45, 2.75) is 37.6 Å². The van der Waals surface area contributed by atoms with Gasteiger partial charge in [0.1, 0.15) is 5.82 Å². The summed E-state index contributed by atoms with van der Waals surface area (Å²) in [6.07, 6.45) is 2.15. The first kappa shape index (κ1) is 12.6. The Kier molecular flexibility index (Phi) is 3.89. The maximum absolute atomic E-state index is 12.8. The van der Waals surface area contributed by atoms with Crippen LogP contribution in [0.2, 0.25) is 0 Å². The maximum atomic E-state index is 12.8. The standard InChI is InChI=1S/C12H17FN2OS/c1-3-10-7-17(16)8(2)12(15-10)11-5-4-9(13)6-14-11/h4-6,8,10,12,15H,3,7H2,1-2H3. The van der Waals surface area contributed by atoms with Crippen molar-refractivity contribution in [2.24, 2.45) is 0 Å². The molecule has 2 heterocycles. The Morgan fingerprint density at radius 3 is 2.94 bits per heavy atom. The third-order valence-corrected chi connectivity index (χ3v) is 5.06. The Labute approximate surface area is 103 Å². The lowest BCUT2D eigenvalue weighted by Gasteiger charge is -2.34. The summed E-state index contributed by atoms with van der Waals surface area (Å²) in [7, 11) is -0.847. The van der Waals surface area contributed by atoms with Crippen LogP contribution >= 0.6 is 0 Å². The molecule has 0 aliphatic carbocycles. The zero-order valence-corrected chi connectivity index (χ0v) is 10.8. The van der Waals surface area contributed by atoms with Crippen molar-refractivity contribution in [2.75, 3.05) is 5.75 Å². The Bertz CT molecular complexity index is 409. The van der Waals surface area contributed by atoms with Crippen molar-refractivity contribution in [1.82, 2.24) is 10.3 Å². The van der Waals surface area contributed by atoms with E-state index in [0.29, 0.717) is 5.75 Å². The summed E-state index contributed by atoms with van der Waals surface area (Å²) in [5, 5.41) is 3.45. The summed E-state index contributed by atoms with van der Waals surface area (Å²) in [5.74, 6) is 0.348. The van der Waals surface area contributed by atoms with Gasteiger partial charge in [-0.05, 0) is 25.5 Å². The average molecular weight is 256 g/mol. The molecule has 0 amide bonds. The van der Waals surface area contributed by atoms with E-state index in [1.165, 1.54) is 12.3 Å². The number of hydrogen-bond acceptors (Lipinski definition) is 3. The molecule has 3 nitrogen and oxygen atoms in total. The minimum atomic E-state index is -0.847. The van der Waals surface area contributed by atoms with E-state index in [9.17, 15) is 8.60 Å². The Morgan fingerprint density at radius 1 is 1.59 bits per heavy atom. The highest BCUT2D eigenvalue weighted by atomic mass is 32.2. The van der Waals surface area contributed by atoms with E-state index in [1.807, 2.05) is 6.92 Å².